The predicted octanol–water partition coefficient (Wildman–Crippen LogP) is 6.10. The van der Waals surface area contributed by atoms with Crippen LogP contribution in [-0.4, -0.2) is 136 Å². The van der Waals surface area contributed by atoms with Crippen LogP contribution in [0.15, 0.2) is 73.3 Å². The van der Waals surface area contributed by atoms with E-state index in [2.05, 4.69) is 25.6 Å². The number of pyridine rings is 1. The maximum Gasteiger partial charge on any atom is 0.408 e. The van der Waals surface area contributed by atoms with Crippen molar-refractivity contribution in [3.05, 3.63) is 84.5 Å². The number of nitrogens with one attached hydrogen (secondary N) is 2. The van der Waals surface area contributed by atoms with Gasteiger partial charge in [-0.2, -0.15) is 0 Å². The number of Topliss-reactive ketones (excluding diaryl/α,β-unsaturated/α-hetero) is 1. The Morgan fingerprint density at radius 2 is 1.70 bits per heavy atom. The summed E-state index contributed by atoms with van der Waals surface area (Å²) in [7, 11) is 3.67. The molecule has 6 rings (SSSR count). The van der Waals surface area contributed by atoms with E-state index in [9.17, 15) is 29.1 Å². The number of cyclic esters (lactones) is 1. The molecular formula is C52H70N6O12. The van der Waals surface area contributed by atoms with Crippen LogP contribution in [0.4, 0.5) is 9.59 Å². The topological polar surface area (TPSA) is 227 Å². The number of alkyl carbamates (subject to hydrolysis) is 2. The number of likely N-dealkylation sites (N-methyl/N-ethyl adjacent to an activating group) is 1. The monoisotopic (exact) mass is 971 g/mol. The number of aliphatic hydroxyl groups is 1. The summed E-state index contributed by atoms with van der Waals surface area (Å²) in [5, 5.41) is 17.5. The van der Waals surface area contributed by atoms with Crippen LogP contribution in [0, 0.1) is 23.7 Å². The Morgan fingerprint density at radius 1 is 0.986 bits per heavy atom. The fourth-order valence-electron chi connectivity index (χ4n) is 10.2. The molecule has 0 spiro atoms. The fourth-order valence-corrected chi connectivity index (χ4v) is 10.2. The van der Waals surface area contributed by atoms with E-state index >= 15 is 0 Å². The van der Waals surface area contributed by atoms with Crippen molar-refractivity contribution in [1.82, 2.24) is 30.5 Å². The van der Waals surface area contributed by atoms with Crippen molar-refractivity contribution in [1.29, 1.82) is 0 Å². The number of hydrogen-bond donors (Lipinski definition) is 3. The van der Waals surface area contributed by atoms with Crippen LogP contribution in [-0.2, 0) is 49.2 Å². The number of benzene rings is 1. The molecule has 2 amide bonds. The predicted molar refractivity (Wildman–Crippen MR) is 257 cm³/mol. The van der Waals surface area contributed by atoms with E-state index in [1.807, 2.05) is 62.3 Å². The number of aryl methyl sites for hydroxylation is 1. The lowest BCUT2D eigenvalue weighted by Gasteiger charge is -2.48. The van der Waals surface area contributed by atoms with Gasteiger partial charge in [0.25, 0.3) is 0 Å². The standard InChI is InChI=1S/C52H70N6O12/c1-11-39-52(8)44(57-50(64)70-52)32(4)41(60)30(2)28-51(7,69-49(63)56-24-13-15-35-17-20-37(21-18-35)46-54-25-14-26-55-46)45(68-48-42(61)38(58(9)10)27-31(3)65-48)33(5)43(34(6)47(62)66-39)67-40(59)22-19-36-16-12-23-53-29-36/h12-18,20-21,23,25-26,29-34,38-39,42-45,48,61H,11,19,22,24,27-28H2,1-10H3,(H,56,63)(H,57,64)/t30-,31-,32+,33+,34-,38+,39-,42-,43+,44-,45-,48+,51-,52-/m1/s1. The molecule has 0 saturated carbocycles. The number of fused-ring (bicyclic) bond motifs is 1. The minimum absolute atomic E-state index is 0.0378. The van der Waals surface area contributed by atoms with Crippen molar-refractivity contribution in [2.24, 2.45) is 23.7 Å². The van der Waals surface area contributed by atoms with E-state index in [0.29, 0.717) is 12.2 Å². The number of rotatable bonds is 13. The number of carbonyl (C=O) groups is 5. The van der Waals surface area contributed by atoms with Crippen LogP contribution in [0.25, 0.3) is 17.5 Å². The van der Waals surface area contributed by atoms with E-state index in [1.54, 1.807) is 91.5 Å². The van der Waals surface area contributed by atoms with Crippen LogP contribution in [0.2, 0.25) is 0 Å². The van der Waals surface area contributed by atoms with Gasteiger partial charge in [-0.25, -0.2) is 19.6 Å². The summed E-state index contributed by atoms with van der Waals surface area (Å²) in [6, 6.07) is 11.6. The molecule has 14 atom stereocenters. The summed E-state index contributed by atoms with van der Waals surface area (Å²) in [4.78, 5) is 85.2. The number of ketones is 1. The number of esters is 2. The van der Waals surface area contributed by atoms with Crippen molar-refractivity contribution in [3.63, 3.8) is 0 Å². The van der Waals surface area contributed by atoms with Crippen LogP contribution >= 0.6 is 0 Å². The largest absolute Gasteiger partial charge is 0.461 e. The number of amides is 2. The van der Waals surface area contributed by atoms with E-state index in [-0.39, 0.29) is 44.1 Å². The molecule has 2 aromatic heterocycles. The summed E-state index contributed by atoms with van der Waals surface area (Å²) in [6.45, 7) is 13.6. The Hall–Kier alpha value is -5.82. The van der Waals surface area contributed by atoms with E-state index < -0.39 is 102 Å². The number of hydrogen-bond acceptors (Lipinski definition) is 16. The zero-order chi connectivity index (χ0) is 50.9. The molecule has 70 heavy (non-hydrogen) atoms. The van der Waals surface area contributed by atoms with Gasteiger partial charge in [-0.1, -0.05) is 70.2 Å². The highest BCUT2D eigenvalue weighted by molar-refractivity contribution is 5.85. The summed E-state index contributed by atoms with van der Waals surface area (Å²) in [5.41, 5.74) is -0.762. The third kappa shape index (κ3) is 12.7. The normalized spacial score (nSPS) is 33.1. The highest BCUT2D eigenvalue weighted by atomic mass is 16.7. The first-order valence-electron chi connectivity index (χ1n) is 24.2. The lowest BCUT2D eigenvalue weighted by atomic mass is 9.73. The van der Waals surface area contributed by atoms with Crippen LogP contribution in [0.1, 0.15) is 92.2 Å². The highest BCUT2D eigenvalue weighted by Gasteiger charge is 2.58. The van der Waals surface area contributed by atoms with Crippen molar-refractivity contribution in [2.45, 2.75) is 148 Å². The summed E-state index contributed by atoms with van der Waals surface area (Å²) in [5.74, 6) is -5.09. The number of aromatic nitrogens is 3. The van der Waals surface area contributed by atoms with Gasteiger partial charge in [0.2, 0.25) is 0 Å². The second-order valence-corrected chi connectivity index (χ2v) is 19.6. The number of nitrogens with zero attached hydrogens (tertiary/aromatic N) is 4. The summed E-state index contributed by atoms with van der Waals surface area (Å²) < 4.78 is 38.1. The van der Waals surface area contributed by atoms with Gasteiger partial charge in [0, 0.05) is 67.1 Å². The Labute approximate surface area is 410 Å². The maximum atomic E-state index is 14.8. The van der Waals surface area contributed by atoms with Gasteiger partial charge in [0.05, 0.1) is 18.1 Å². The molecule has 3 saturated heterocycles. The molecule has 0 aliphatic carbocycles. The van der Waals surface area contributed by atoms with E-state index in [1.165, 1.54) is 0 Å². The quantitative estimate of drug-likeness (QED) is 0.130. The first-order chi connectivity index (χ1) is 33.2. The van der Waals surface area contributed by atoms with Gasteiger partial charge >= 0.3 is 24.1 Å². The Kier molecular flexibility index (Phi) is 17.9. The third-order valence-electron chi connectivity index (χ3n) is 14.0. The first-order valence-corrected chi connectivity index (χ1v) is 24.2. The first kappa shape index (κ1) is 53.5. The Bertz CT molecular complexity index is 2290. The molecule has 18 heteroatoms. The number of carbonyl (C=O) groups excluding carboxylic acids is 5. The average Bonchev–Trinajstić information content (AvgIpc) is 3.66. The molecule has 5 heterocycles. The number of ether oxygens (including phenoxy) is 6. The minimum atomic E-state index is -1.77. The SMILES string of the molecule is CC[C@H]1OC(=O)[C@H](C)[C@@H](OC(=O)CCc2cccnc2)[C@H](C)[C@@H](O[C@@H]2O[C@H](C)C[C@H](N(C)C)[C@H]2O)[C@](C)(OC(=O)NCC=Cc2ccc(-c3ncccn3)cc2)C[C@@H](C)C(=O)[C@H](C)[C@H]2NC(=O)O[C@@]21C. The fraction of sp³-hybridized carbons (Fsp3) is 0.577. The Balaban J connectivity index is 1.39. The molecule has 3 aromatic rings. The zero-order valence-corrected chi connectivity index (χ0v) is 41.9. The van der Waals surface area contributed by atoms with Crippen LogP contribution in [0.5, 0.6) is 0 Å². The van der Waals surface area contributed by atoms with Crippen LogP contribution < -0.4 is 10.6 Å². The van der Waals surface area contributed by atoms with Gasteiger partial charge in [0.1, 0.15) is 35.8 Å². The molecule has 3 aliphatic heterocycles. The average molecular weight is 971 g/mol. The molecule has 3 N–H and O–H groups in total. The van der Waals surface area contributed by atoms with Gasteiger partial charge in [-0.15, -0.1) is 0 Å². The third-order valence-corrected chi connectivity index (χ3v) is 14.0. The molecule has 18 nitrogen and oxygen atoms in total. The molecule has 3 aliphatic rings. The molecule has 0 radical (unpaired) electrons. The molecule has 1 aromatic carbocycles. The van der Waals surface area contributed by atoms with Gasteiger partial charge in [-0.3, -0.25) is 19.4 Å². The zero-order valence-electron chi connectivity index (χ0n) is 41.9. The lowest BCUT2D eigenvalue weighted by Crippen LogP contribution is -2.61. The maximum absolute atomic E-state index is 14.8. The number of aliphatic hydroxyl groups excluding tert-OH is 1. The van der Waals surface area contributed by atoms with Crippen LogP contribution in [0.3, 0.4) is 0 Å². The van der Waals surface area contributed by atoms with E-state index in [0.717, 1.165) is 16.7 Å². The van der Waals surface area contributed by atoms with Gasteiger partial charge < -0.3 is 49.1 Å². The molecule has 0 unspecified atom stereocenters. The molecular weight excluding hydrogens is 901 g/mol. The van der Waals surface area contributed by atoms with Crippen molar-refractivity contribution in [2.75, 3.05) is 20.6 Å². The molecule has 0 bridgehead atoms. The lowest BCUT2D eigenvalue weighted by molar-refractivity contribution is -0.298. The van der Waals surface area contributed by atoms with Gasteiger partial charge in [0.15, 0.2) is 17.7 Å². The molecule has 380 valence electrons. The van der Waals surface area contributed by atoms with Gasteiger partial charge in [-0.05, 0) is 90.7 Å². The van der Waals surface area contributed by atoms with E-state index in [4.69, 9.17) is 28.4 Å². The van der Waals surface area contributed by atoms with Crippen molar-refractivity contribution in [3.8, 4) is 11.4 Å². The second kappa shape index (κ2) is 23.4. The van der Waals surface area contributed by atoms with Crippen molar-refractivity contribution >= 4 is 36.0 Å². The Morgan fingerprint density at radius 3 is 2.36 bits per heavy atom. The highest BCUT2D eigenvalue weighted by Crippen LogP contribution is 2.42. The molecule has 3 fully saturated rings. The summed E-state index contributed by atoms with van der Waals surface area (Å²) >= 11 is 0. The summed E-state index contributed by atoms with van der Waals surface area (Å²) in [6.07, 6.45) is 2.74. The minimum Gasteiger partial charge on any atom is -0.461 e. The second-order valence-electron chi connectivity index (χ2n) is 19.6. The smallest absolute Gasteiger partial charge is 0.408 e. The van der Waals surface area contributed by atoms with Crippen molar-refractivity contribution < 1.29 is 57.5 Å².